The number of carbonyl (C=O) groups is 2. The molecule has 140 valence electrons. The van der Waals surface area contributed by atoms with Gasteiger partial charge in [-0.3, -0.25) is 20.4 Å². The Morgan fingerprint density at radius 1 is 1.04 bits per heavy atom. The fourth-order valence-corrected chi connectivity index (χ4v) is 2.71. The maximum atomic E-state index is 12.3. The molecule has 2 N–H and O–H groups in total. The Balaban J connectivity index is 1.52. The zero-order valence-electron chi connectivity index (χ0n) is 15.5. The number of nitrogens with one attached hydrogen (secondary N) is 2. The predicted octanol–water partition coefficient (Wildman–Crippen LogP) is 3.70. The van der Waals surface area contributed by atoms with Gasteiger partial charge in [-0.25, -0.2) is 0 Å². The molecule has 3 aromatic rings. The number of hydrogen-bond acceptors (Lipinski definition) is 4. The van der Waals surface area contributed by atoms with Gasteiger partial charge in [0.1, 0.15) is 11.3 Å². The number of para-hydroxylation sites is 1. The number of hydrazine groups is 1. The highest BCUT2D eigenvalue weighted by Gasteiger charge is 2.17. The fraction of sp³-hybridized carbons (Fsp3) is 0.238. The molecular formula is C21H22N2O4. The standard InChI is InChI=1S/C21H22N2O4/c1-13(2)15-8-10-16(11-9-15)26-12-19(24)22-23-21(25)20-14(3)17-6-4-5-7-18(17)27-20/h4-11,13H,12H2,1-3H3,(H,22,24)(H,23,25). The Bertz CT molecular complexity index is 958. The molecule has 0 saturated heterocycles. The first-order valence-corrected chi connectivity index (χ1v) is 8.75. The average molecular weight is 366 g/mol. The van der Waals surface area contributed by atoms with E-state index in [4.69, 9.17) is 9.15 Å². The van der Waals surface area contributed by atoms with Crippen LogP contribution in [0.2, 0.25) is 0 Å². The van der Waals surface area contributed by atoms with Crippen LogP contribution < -0.4 is 15.6 Å². The molecule has 2 amide bonds. The Labute approximate surface area is 157 Å². The second-order valence-corrected chi connectivity index (χ2v) is 6.57. The molecular weight excluding hydrogens is 344 g/mol. The van der Waals surface area contributed by atoms with Gasteiger partial charge in [0.15, 0.2) is 12.4 Å². The highest BCUT2D eigenvalue weighted by atomic mass is 16.5. The van der Waals surface area contributed by atoms with Gasteiger partial charge < -0.3 is 9.15 Å². The van der Waals surface area contributed by atoms with Crippen molar-refractivity contribution in [1.29, 1.82) is 0 Å². The molecule has 0 unspecified atom stereocenters. The van der Waals surface area contributed by atoms with E-state index in [1.165, 1.54) is 5.56 Å². The third-order valence-corrected chi connectivity index (χ3v) is 4.28. The Morgan fingerprint density at radius 3 is 2.41 bits per heavy atom. The van der Waals surface area contributed by atoms with Crippen molar-refractivity contribution in [2.24, 2.45) is 0 Å². The second-order valence-electron chi connectivity index (χ2n) is 6.57. The van der Waals surface area contributed by atoms with Crippen molar-refractivity contribution in [3.05, 3.63) is 65.4 Å². The van der Waals surface area contributed by atoms with E-state index < -0.39 is 11.8 Å². The molecule has 0 aliphatic carbocycles. The van der Waals surface area contributed by atoms with Crippen molar-refractivity contribution in [3.63, 3.8) is 0 Å². The summed E-state index contributed by atoms with van der Waals surface area (Å²) in [5, 5.41) is 0.863. The molecule has 2 aromatic carbocycles. The number of carbonyl (C=O) groups excluding carboxylic acids is 2. The lowest BCUT2D eigenvalue weighted by Crippen LogP contribution is -2.43. The molecule has 6 nitrogen and oxygen atoms in total. The Hall–Kier alpha value is -3.28. The van der Waals surface area contributed by atoms with Crippen LogP contribution in [0, 0.1) is 6.92 Å². The molecule has 0 fully saturated rings. The van der Waals surface area contributed by atoms with Crippen molar-refractivity contribution >= 4 is 22.8 Å². The maximum Gasteiger partial charge on any atom is 0.305 e. The molecule has 27 heavy (non-hydrogen) atoms. The number of rotatable bonds is 5. The lowest BCUT2D eigenvalue weighted by molar-refractivity contribution is -0.123. The molecule has 6 heteroatoms. The Morgan fingerprint density at radius 2 is 1.74 bits per heavy atom. The van der Waals surface area contributed by atoms with Gasteiger partial charge in [0.2, 0.25) is 0 Å². The third-order valence-electron chi connectivity index (χ3n) is 4.28. The predicted molar refractivity (Wildman–Crippen MR) is 103 cm³/mol. The van der Waals surface area contributed by atoms with E-state index in [0.717, 1.165) is 10.9 Å². The molecule has 0 atom stereocenters. The largest absolute Gasteiger partial charge is 0.484 e. The van der Waals surface area contributed by atoms with Crippen LogP contribution in [0.4, 0.5) is 0 Å². The van der Waals surface area contributed by atoms with Crippen molar-refractivity contribution in [1.82, 2.24) is 10.9 Å². The van der Waals surface area contributed by atoms with E-state index in [1.807, 2.05) is 42.5 Å². The van der Waals surface area contributed by atoms with Crippen molar-refractivity contribution in [2.75, 3.05) is 6.61 Å². The van der Waals surface area contributed by atoms with Gasteiger partial charge in [0, 0.05) is 10.9 Å². The zero-order valence-corrected chi connectivity index (χ0v) is 15.5. The number of ether oxygens (including phenoxy) is 1. The van der Waals surface area contributed by atoms with Crippen molar-refractivity contribution < 1.29 is 18.7 Å². The summed E-state index contributed by atoms with van der Waals surface area (Å²) in [6, 6.07) is 14.9. The molecule has 0 saturated carbocycles. The van der Waals surface area contributed by atoms with E-state index in [1.54, 1.807) is 13.0 Å². The quantitative estimate of drug-likeness (QED) is 0.675. The molecule has 0 aliphatic heterocycles. The van der Waals surface area contributed by atoms with Gasteiger partial charge >= 0.3 is 5.91 Å². The van der Waals surface area contributed by atoms with Crippen molar-refractivity contribution in [2.45, 2.75) is 26.7 Å². The van der Waals surface area contributed by atoms with Gasteiger partial charge in [-0.15, -0.1) is 0 Å². The van der Waals surface area contributed by atoms with Crippen molar-refractivity contribution in [3.8, 4) is 5.75 Å². The van der Waals surface area contributed by atoms with Crippen LogP contribution in [0.15, 0.2) is 52.9 Å². The van der Waals surface area contributed by atoms with Crippen LogP contribution in [0.1, 0.15) is 41.4 Å². The monoisotopic (exact) mass is 366 g/mol. The zero-order chi connectivity index (χ0) is 19.4. The highest BCUT2D eigenvalue weighted by Crippen LogP contribution is 2.24. The van der Waals surface area contributed by atoms with Gasteiger partial charge in [-0.2, -0.15) is 0 Å². The maximum absolute atomic E-state index is 12.3. The summed E-state index contributed by atoms with van der Waals surface area (Å²) >= 11 is 0. The minimum Gasteiger partial charge on any atom is -0.484 e. The van der Waals surface area contributed by atoms with Crippen LogP contribution in [0.3, 0.4) is 0 Å². The van der Waals surface area contributed by atoms with E-state index in [9.17, 15) is 9.59 Å². The summed E-state index contributed by atoms with van der Waals surface area (Å²) in [6.07, 6.45) is 0. The van der Waals surface area contributed by atoms with Gasteiger partial charge in [0.05, 0.1) is 0 Å². The normalized spacial score (nSPS) is 10.8. The summed E-state index contributed by atoms with van der Waals surface area (Å²) in [7, 11) is 0. The lowest BCUT2D eigenvalue weighted by Gasteiger charge is -2.10. The number of benzene rings is 2. The van der Waals surface area contributed by atoms with Crippen LogP contribution in [-0.4, -0.2) is 18.4 Å². The summed E-state index contributed by atoms with van der Waals surface area (Å²) in [5.74, 6) is 0.207. The lowest BCUT2D eigenvalue weighted by atomic mass is 10.0. The number of amides is 2. The minimum atomic E-state index is -0.515. The number of furan rings is 1. The molecule has 1 aromatic heterocycles. The minimum absolute atomic E-state index is 0.168. The van der Waals surface area contributed by atoms with E-state index in [2.05, 4.69) is 24.7 Å². The fourth-order valence-electron chi connectivity index (χ4n) is 2.71. The van der Waals surface area contributed by atoms with E-state index in [0.29, 0.717) is 17.3 Å². The smallest absolute Gasteiger partial charge is 0.305 e. The van der Waals surface area contributed by atoms with Crippen LogP contribution in [0.5, 0.6) is 5.75 Å². The Kier molecular flexibility index (Phi) is 5.45. The van der Waals surface area contributed by atoms with Gasteiger partial charge in [-0.05, 0) is 36.6 Å². The van der Waals surface area contributed by atoms with Crippen LogP contribution in [0.25, 0.3) is 11.0 Å². The number of hydrogen-bond donors (Lipinski definition) is 2. The highest BCUT2D eigenvalue weighted by molar-refractivity contribution is 5.99. The first kappa shape index (κ1) is 18.5. The number of fused-ring (bicyclic) bond motifs is 1. The summed E-state index contributed by atoms with van der Waals surface area (Å²) in [5.41, 5.74) is 7.22. The SMILES string of the molecule is Cc1c(C(=O)NNC(=O)COc2ccc(C(C)C)cc2)oc2ccccc12. The van der Waals surface area contributed by atoms with Gasteiger partial charge in [0.25, 0.3) is 5.91 Å². The summed E-state index contributed by atoms with van der Waals surface area (Å²) in [4.78, 5) is 24.2. The van der Waals surface area contributed by atoms with Crippen LogP contribution in [-0.2, 0) is 4.79 Å². The third kappa shape index (κ3) is 4.28. The van der Waals surface area contributed by atoms with Gasteiger partial charge in [-0.1, -0.05) is 44.2 Å². The average Bonchev–Trinajstić information content (AvgIpc) is 3.02. The van der Waals surface area contributed by atoms with E-state index in [-0.39, 0.29) is 12.4 Å². The number of aryl methyl sites for hydroxylation is 1. The molecule has 1 heterocycles. The topological polar surface area (TPSA) is 80.6 Å². The molecule has 0 aliphatic rings. The molecule has 3 rings (SSSR count). The molecule has 0 radical (unpaired) electrons. The van der Waals surface area contributed by atoms with Crippen LogP contribution >= 0.6 is 0 Å². The van der Waals surface area contributed by atoms with E-state index >= 15 is 0 Å². The molecule has 0 bridgehead atoms. The summed E-state index contributed by atoms with van der Waals surface area (Å²) in [6.45, 7) is 5.80. The first-order valence-electron chi connectivity index (χ1n) is 8.75. The summed E-state index contributed by atoms with van der Waals surface area (Å²) < 4.78 is 11.0. The second kappa shape index (κ2) is 7.95. The molecule has 0 spiro atoms. The first-order chi connectivity index (χ1) is 13.0.